The molecule has 0 saturated heterocycles. The van der Waals surface area contributed by atoms with E-state index in [4.69, 9.17) is 16.0 Å². The van der Waals surface area contributed by atoms with E-state index in [1.807, 2.05) is 44.2 Å². The van der Waals surface area contributed by atoms with Gasteiger partial charge in [-0.25, -0.2) is 0 Å². The Hall–Kier alpha value is -1.25. The van der Waals surface area contributed by atoms with E-state index in [1.54, 1.807) is 0 Å². The van der Waals surface area contributed by atoms with Gasteiger partial charge in [-0.05, 0) is 37.1 Å². The molecule has 0 bridgehead atoms. The molecule has 3 heteroatoms. The number of rotatable bonds is 3. The Bertz CT molecular complexity index is 517. The maximum atomic E-state index is 9.69. The lowest BCUT2D eigenvalue weighted by Crippen LogP contribution is -1.91. The topological polar surface area (TPSA) is 33.4 Å². The Labute approximate surface area is 106 Å². The van der Waals surface area contributed by atoms with Crippen LogP contribution in [0.1, 0.15) is 30.8 Å². The van der Waals surface area contributed by atoms with Crippen molar-refractivity contribution in [1.29, 1.82) is 0 Å². The summed E-state index contributed by atoms with van der Waals surface area (Å²) in [6.07, 6.45) is 0.102. The molecule has 1 atom stereocenters. The van der Waals surface area contributed by atoms with Gasteiger partial charge in [0.15, 0.2) is 0 Å². The van der Waals surface area contributed by atoms with Crippen LogP contribution in [0.2, 0.25) is 5.02 Å². The first kappa shape index (κ1) is 12.2. The SMILES string of the molecule is CCC(O)c1ccc(-c2cccc(Cl)c2C)o1. The summed E-state index contributed by atoms with van der Waals surface area (Å²) in [5.41, 5.74) is 1.95. The van der Waals surface area contributed by atoms with Crippen molar-refractivity contribution in [3.05, 3.63) is 46.7 Å². The molecule has 1 unspecified atom stereocenters. The predicted octanol–water partition coefficient (Wildman–Crippen LogP) is 4.35. The van der Waals surface area contributed by atoms with E-state index in [2.05, 4.69) is 0 Å². The first-order chi connectivity index (χ1) is 8.13. The third-order valence-electron chi connectivity index (χ3n) is 2.88. The molecule has 0 aliphatic heterocycles. The summed E-state index contributed by atoms with van der Waals surface area (Å²) in [6, 6.07) is 9.38. The Kier molecular flexibility index (Phi) is 3.55. The average Bonchev–Trinajstić information content (AvgIpc) is 2.81. The maximum Gasteiger partial charge on any atom is 0.134 e. The number of hydrogen-bond donors (Lipinski definition) is 1. The van der Waals surface area contributed by atoms with Crippen LogP contribution in [0.3, 0.4) is 0 Å². The minimum absolute atomic E-state index is 0.539. The van der Waals surface area contributed by atoms with E-state index < -0.39 is 6.10 Å². The van der Waals surface area contributed by atoms with Crippen molar-refractivity contribution in [2.75, 3.05) is 0 Å². The van der Waals surface area contributed by atoms with E-state index >= 15 is 0 Å². The van der Waals surface area contributed by atoms with Crippen molar-refractivity contribution in [3.63, 3.8) is 0 Å². The number of furan rings is 1. The zero-order valence-corrected chi connectivity index (χ0v) is 10.7. The summed E-state index contributed by atoms with van der Waals surface area (Å²) in [5, 5.41) is 10.4. The summed E-state index contributed by atoms with van der Waals surface area (Å²) >= 11 is 6.07. The van der Waals surface area contributed by atoms with Gasteiger partial charge in [0.25, 0.3) is 0 Å². The lowest BCUT2D eigenvalue weighted by Gasteiger charge is -2.05. The van der Waals surface area contributed by atoms with Gasteiger partial charge >= 0.3 is 0 Å². The quantitative estimate of drug-likeness (QED) is 0.879. The zero-order valence-electron chi connectivity index (χ0n) is 9.90. The van der Waals surface area contributed by atoms with E-state index in [-0.39, 0.29) is 0 Å². The highest BCUT2D eigenvalue weighted by Crippen LogP contribution is 2.31. The van der Waals surface area contributed by atoms with Crippen LogP contribution in [0.25, 0.3) is 11.3 Å². The molecule has 0 aliphatic rings. The molecule has 90 valence electrons. The Balaban J connectivity index is 2.40. The van der Waals surface area contributed by atoms with Crippen LogP contribution in [-0.4, -0.2) is 5.11 Å². The second-order valence-corrected chi connectivity index (χ2v) is 4.45. The van der Waals surface area contributed by atoms with Crippen LogP contribution in [0, 0.1) is 6.92 Å². The Morgan fingerprint density at radius 3 is 2.76 bits per heavy atom. The molecule has 1 aromatic heterocycles. The molecule has 0 radical (unpaired) electrons. The van der Waals surface area contributed by atoms with Crippen LogP contribution >= 0.6 is 11.6 Å². The predicted molar refractivity (Wildman–Crippen MR) is 69.1 cm³/mol. The second-order valence-electron chi connectivity index (χ2n) is 4.04. The van der Waals surface area contributed by atoms with Gasteiger partial charge in [0.1, 0.15) is 17.6 Å². The molecule has 1 N–H and O–H groups in total. The van der Waals surface area contributed by atoms with Crippen LogP contribution in [0.5, 0.6) is 0 Å². The number of benzene rings is 1. The number of hydrogen-bond acceptors (Lipinski definition) is 2. The zero-order chi connectivity index (χ0) is 12.4. The molecule has 2 aromatic rings. The summed E-state index contributed by atoms with van der Waals surface area (Å²) in [4.78, 5) is 0. The summed E-state index contributed by atoms with van der Waals surface area (Å²) in [7, 11) is 0. The molecular weight excluding hydrogens is 236 g/mol. The van der Waals surface area contributed by atoms with Crippen LogP contribution in [0.4, 0.5) is 0 Å². The minimum atomic E-state index is -0.539. The van der Waals surface area contributed by atoms with Crippen LogP contribution in [0.15, 0.2) is 34.7 Å². The van der Waals surface area contributed by atoms with Crippen molar-refractivity contribution in [2.45, 2.75) is 26.4 Å². The maximum absolute atomic E-state index is 9.69. The van der Waals surface area contributed by atoms with Gasteiger partial charge in [0.05, 0.1) is 0 Å². The summed E-state index contributed by atoms with van der Waals surface area (Å²) in [6.45, 7) is 3.87. The van der Waals surface area contributed by atoms with E-state index in [0.717, 1.165) is 21.9 Å². The molecule has 17 heavy (non-hydrogen) atoms. The fourth-order valence-electron chi connectivity index (χ4n) is 1.75. The molecular formula is C14H15ClO2. The minimum Gasteiger partial charge on any atom is -0.458 e. The Morgan fingerprint density at radius 1 is 1.29 bits per heavy atom. The molecule has 0 spiro atoms. The summed E-state index contributed by atoms with van der Waals surface area (Å²) < 4.78 is 5.65. The van der Waals surface area contributed by atoms with Gasteiger partial charge in [-0.15, -0.1) is 0 Å². The van der Waals surface area contributed by atoms with Crippen molar-refractivity contribution < 1.29 is 9.52 Å². The molecule has 1 aromatic carbocycles. The van der Waals surface area contributed by atoms with E-state index in [0.29, 0.717) is 12.2 Å². The van der Waals surface area contributed by atoms with Crippen LogP contribution in [-0.2, 0) is 0 Å². The third-order valence-corrected chi connectivity index (χ3v) is 3.28. The first-order valence-corrected chi connectivity index (χ1v) is 6.04. The highest BCUT2D eigenvalue weighted by atomic mass is 35.5. The molecule has 2 nitrogen and oxygen atoms in total. The normalized spacial score (nSPS) is 12.7. The second kappa shape index (κ2) is 4.94. The van der Waals surface area contributed by atoms with Gasteiger partial charge in [0.2, 0.25) is 0 Å². The average molecular weight is 251 g/mol. The molecule has 0 fully saturated rings. The fraction of sp³-hybridized carbons (Fsp3) is 0.286. The lowest BCUT2D eigenvalue weighted by molar-refractivity contribution is 0.147. The van der Waals surface area contributed by atoms with Crippen molar-refractivity contribution in [3.8, 4) is 11.3 Å². The molecule has 1 heterocycles. The Morgan fingerprint density at radius 2 is 2.06 bits per heavy atom. The van der Waals surface area contributed by atoms with Crippen molar-refractivity contribution in [2.24, 2.45) is 0 Å². The van der Waals surface area contributed by atoms with Gasteiger partial charge in [-0.3, -0.25) is 0 Å². The highest BCUT2D eigenvalue weighted by molar-refractivity contribution is 6.31. The molecule has 0 amide bonds. The van der Waals surface area contributed by atoms with Gasteiger partial charge in [0, 0.05) is 10.6 Å². The summed E-state index contributed by atoms with van der Waals surface area (Å²) in [5.74, 6) is 1.34. The van der Waals surface area contributed by atoms with Crippen molar-refractivity contribution in [1.82, 2.24) is 0 Å². The van der Waals surface area contributed by atoms with E-state index in [9.17, 15) is 5.11 Å². The molecule has 0 saturated carbocycles. The van der Waals surface area contributed by atoms with Gasteiger partial charge in [-0.1, -0.05) is 30.7 Å². The fourth-order valence-corrected chi connectivity index (χ4v) is 1.93. The standard InChI is InChI=1S/C14H15ClO2/c1-3-12(16)14-8-7-13(17-14)10-5-4-6-11(15)9(10)2/h4-8,12,16H,3H2,1-2H3. The number of halogens is 1. The molecule has 0 aliphatic carbocycles. The van der Waals surface area contributed by atoms with Crippen LogP contribution < -0.4 is 0 Å². The smallest absolute Gasteiger partial charge is 0.134 e. The van der Waals surface area contributed by atoms with Gasteiger partial charge in [-0.2, -0.15) is 0 Å². The monoisotopic (exact) mass is 250 g/mol. The number of aliphatic hydroxyl groups excluding tert-OH is 1. The number of aliphatic hydroxyl groups is 1. The highest BCUT2D eigenvalue weighted by Gasteiger charge is 2.13. The van der Waals surface area contributed by atoms with Gasteiger partial charge < -0.3 is 9.52 Å². The molecule has 2 rings (SSSR count). The van der Waals surface area contributed by atoms with E-state index in [1.165, 1.54) is 0 Å². The third kappa shape index (κ3) is 2.38. The largest absolute Gasteiger partial charge is 0.458 e. The first-order valence-electron chi connectivity index (χ1n) is 5.66. The lowest BCUT2D eigenvalue weighted by atomic mass is 10.1. The van der Waals surface area contributed by atoms with Crippen molar-refractivity contribution >= 4 is 11.6 Å².